The van der Waals surface area contributed by atoms with E-state index in [2.05, 4.69) is 10.3 Å². The summed E-state index contributed by atoms with van der Waals surface area (Å²) >= 11 is 0. The highest BCUT2D eigenvalue weighted by molar-refractivity contribution is 5.68. The third-order valence-electron chi connectivity index (χ3n) is 2.86. The maximum atomic E-state index is 11.9. The van der Waals surface area contributed by atoms with Crippen molar-refractivity contribution in [2.75, 3.05) is 13.7 Å². The summed E-state index contributed by atoms with van der Waals surface area (Å²) in [5, 5.41) is 12.7. The van der Waals surface area contributed by atoms with Gasteiger partial charge in [0.15, 0.2) is 0 Å². The molecule has 0 bridgehead atoms. The molecule has 0 spiro atoms. The molecule has 21 heavy (non-hydrogen) atoms. The first-order valence-electron chi connectivity index (χ1n) is 6.65. The van der Waals surface area contributed by atoms with E-state index < -0.39 is 23.8 Å². The topological polar surface area (TPSA) is 89.9 Å². The van der Waals surface area contributed by atoms with E-state index in [0.29, 0.717) is 17.3 Å². The molecular weight excluding hydrogens is 276 g/mol. The van der Waals surface area contributed by atoms with Crippen LogP contribution in [0.4, 0.5) is 4.79 Å². The van der Waals surface area contributed by atoms with Gasteiger partial charge in [-0.3, -0.25) is 0 Å². The number of fused-ring (bicyclic) bond motifs is 1. The second-order valence-electron chi connectivity index (χ2n) is 5.75. The number of ether oxygens (including phenoxy) is 3. The summed E-state index contributed by atoms with van der Waals surface area (Å²) in [6.45, 7) is 5.35. The van der Waals surface area contributed by atoms with Gasteiger partial charge in [-0.2, -0.15) is 4.98 Å². The summed E-state index contributed by atoms with van der Waals surface area (Å²) in [5.74, 6) is 0.738. The first kappa shape index (κ1) is 15.4. The number of pyridine rings is 1. The lowest BCUT2D eigenvalue weighted by Crippen LogP contribution is -2.44. The predicted molar refractivity (Wildman–Crippen MR) is 74.4 cm³/mol. The quantitative estimate of drug-likeness (QED) is 0.857. The van der Waals surface area contributed by atoms with E-state index in [1.54, 1.807) is 32.9 Å². The van der Waals surface area contributed by atoms with Gasteiger partial charge in [0.1, 0.15) is 18.3 Å². The van der Waals surface area contributed by atoms with Crippen LogP contribution in [0.2, 0.25) is 0 Å². The van der Waals surface area contributed by atoms with E-state index in [1.807, 2.05) is 0 Å². The van der Waals surface area contributed by atoms with Crippen LogP contribution in [0.25, 0.3) is 0 Å². The van der Waals surface area contributed by atoms with Crippen LogP contribution in [0.15, 0.2) is 12.1 Å². The molecule has 7 heteroatoms. The molecule has 0 saturated heterocycles. The standard InChI is InChI=1S/C14H20N2O5/c1-14(2,3)21-13(18)16-11-8-5-6-10(19-4)15-12(8)20-7-9(11)17/h5-6,9,11,17H,7H2,1-4H3,(H,16,18)/t9-,11+/m0/s1. The molecule has 0 saturated carbocycles. The Kier molecular flexibility index (Phi) is 4.22. The van der Waals surface area contributed by atoms with Crippen molar-refractivity contribution >= 4 is 6.09 Å². The number of aliphatic hydroxyl groups is 1. The molecule has 2 heterocycles. The number of methoxy groups -OCH3 is 1. The van der Waals surface area contributed by atoms with Crippen LogP contribution in [0.1, 0.15) is 32.4 Å². The SMILES string of the molecule is COc1ccc2c(n1)OC[C@H](O)[C@@H]2NC(=O)OC(C)(C)C. The summed E-state index contributed by atoms with van der Waals surface area (Å²) in [5.41, 5.74) is -0.0262. The lowest BCUT2D eigenvalue weighted by molar-refractivity contribution is 0.0263. The highest BCUT2D eigenvalue weighted by Crippen LogP contribution is 2.32. The number of aliphatic hydroxyl groups excluding tert-OH is 1. The van der Waals surface area contributed by atoms with E-state index in [9.17, 15) is 9.90 Å². The van der Waals surface area contributed by atoms with E-state index in [-0.39, 0.29) is 6.61 Å². The zero-order valence-corrected chi connectivity index (χ0v) is 12.5. The number of aromatic nitrogens is 1. The van der Waals surface area contributed by atoms with E-state index in [0.717, 1.165) is 0 Å². The predicted octanol–water partition coefficient (Wildman–Crippen LogP) is 1.41. The lowest BCUT2D eigenvalue weighted by Gasteiger charge is -2.31. The molecule has 0 radical (unpaired) electrons. The van der Waals surface area contributed by atoms with Crippen LogP contribution in [-0.4, -0.2) is 41.6 Å². The number of hydrogen-bond donors (Lipinski definition) is 2. The number of carbonyl (C=O) groups excluding carboxylic acids is 1. The fraction of sp³-hybridized carbons (Fsp3) is 0.571. The molecule has 2 atom stereocenters. The van der Waals surface area contributed by atoms with Gasteiger partial charge in [-0.05, 0) is 26.8 Å². The third kappa shape index (κ3) is 3.75. The summed E-state index contributed by atoms with van der Waals surface area (Å²) in [7, 11) is 1.50. The van der Waals surface area contributed by atoms with Crippen molar-refractivity contribution in [3.8, 4) is 11.8 Å². The minimum atomic E-state index is -0.875. The van der Waals surface area contributed by atoms with E-state index in [1.165, 1.54) is 7.11 Å². The number of hydrogen-bond acceptors (Lipinski definition) is 6. The van der Waals surface area contributed by atoms with Gasteiger partial charge < -0.3 is 24.6 Å². The normalized spacial score (nSPS) is 21.0. The van der Waals surface area contributed by atoms with Crippen molar-refractivity contribution < 1.29 is 24.1 Å². The van der Waals surface area contributed by atoms with Crippen molar-refractivity contribution in [3.05, 3.63) is 17.7 Å². The summed E-state index contributed by atoms with van der Waals surface area (Å²) < 4.78 is 15.6. The summed E-state index contributed by atoms with van der Waals surface area (Å²) in [6.07, 6.45) is -1.48. The van der Waals surface area contributed by atoms with Crippen molar-refractivity contribution in [2.24, 2.45) is 0 Å². The van der Waals surface area contributed by atoms with Crippen LogP contribution >= 0.6 is 0 Å². The van der Waals surface area contributed by atoms with Gasteiger partial charge in [0.2, 0.25) is 11.8 Å². The van der Waals surface area contributed by atoms with Gasteiger partial charge in [-0.25, -0.2) is 4.79 Å². The van der Waals surface area contributed by atoms with Crippen LogP contribution < -0.4 is 14.8 Å². The summed E-state index contributed by atoms with van der Waals surface area (Å²) in [6, 6.07) is 2.71. The van der Waals surface area contributed by atoms with E-state index in [4.69, 9.17) is 14.2 Å². The van der Waals surface area contributed by atoms with Gasteiger partial charge in [-0.15, -0.1) is 0 Å². The van der Waals surface area contributed by atoms with Crippen molar-refractivity contribution in [1.29, 1.82) is 0 Å². The average molecular weight is 296 g/mol. The lowest BCUT2D eigenvalue weighted by atomic mass is 10.0. The minimum Gasteiger partial charge on any atom is -0.481 e. The Balaban J connectivity index is 2.18. The molecule has 7 nitrogen and oxygen atoms in total. The van der Waals surface area contributed by atoms with Crippen LogP contribution in [0.3, 0.4) is 0 Å². The molecular formula is C14H20N2O5. The summed E-state index contributed by atoms with van der Waals surface area (Å²) in [4.78, 5) is 16.0. The van der Waals surface area contributed by atoms with Crippen LogP contribution in [0, 0.1) is 0 Å². The number of rotatable bonds is 2. The maximum absolute atomic E-state index is 11.9. The van der Waals surface area contributed by atoms with Crippen molar-refractivity contribution in [3.63, 3.8) is 0 Å². The first-order valence-corrected chi connectivity index (χ1v) is 6.65. The smallest absolute Gasteiger partial charge is 0.408 e. The largest absolute Gasteiger partial charge is 0.481 e. The van der Waals surface area contributed by atoms with Crippen LogP contribution in [-0.2, 0) is 4.74 Å². The third-order valence-corrected chi connectivity index (χ3v) is 2.86. The molecule has 0 fully saturated rings. The highest BCUT2D eigenvalue weighted by Gasteiger charge is 2.33. The fourth-order valence-electron chi connectivity index (χ4n) is 1.98. The molecule has 2 rings (SSSR count). The minimum absolute atomic E-state index is 0.0353. The Morgan fingerprint density at radius 3 is 2.81 bits per heavy atom. The highest BCUT2D eigenvalue weighted by atomic mass is 16.6. The van der Waals surface area contributed by atoms with Gasteiger partial charge in [0, 0.05) is 11.6 Å². The van der Waals surface area contributed by atoms with Crippen molar-refractivity contribution in [2.45, 2.75) is 38.5 Å². The Morgan fingerprint density at radius 2 is 2.19 bits per heavy atom. The first-order chi connectivity index (χ1) is 9.80. The van der Waals surface area contributed by atoms with Gasteiger partial charge in [0.25, 0.3) is 0 Å². The monoisotopic (exact) mass is 296 g/mol. The Labute approximate surface area is 123 Å². The molecule has 0 aliphatic carbocycles. The number of nitrogens with zero attached hydrogens (tertiary/aromatic N) is 1. The number of carbonyl (C=O) groups is 1. The number of amides is 1. The zero-order valence-electron chi connectivity index (χ0n) is 12.5. The van der Waals surface area contributed by atoms with Crippen molar-refractivity contribution in [1.82, 2.24) is 10.3 Å². The maximum Gasteiger partial charge on any atom is 0.408 e. The Bertz CT molecular complexity index is 527. The van der Waals surface area contributed by atoms with Crippen LogP contribution in [0.5, 0.6) is 11.8 Å². The number of nitrogens with one attached hydrogen (secondary N) is 1. The Morgan fingerprint density at radius 1 is 1.48 bits per heavy atom. The fourth-order valence-corrected chi connectivity index (χ4v) is 1.98. The molecule has 1 aliphatic rings. The molecule has 0 unspecified atom stereocenters. The molecule has 2 N–H and O–H groups in total. The van der Waals surface area contributed by atoms with Gasteiger partial charge >= 0.3 is 6.09 Å². The Hall–Kier alpha value is -2.02. The average Bonchev–Trinajstić information content (AvgIpc) is 2.39. The van der Waals surface area contributed by atoms with Gasteiger partial charge in [-0.1, -0.05) is 0 Å². The molecule has 0 aromatic carbocycles. The second-order valence-corrected chi connectivity index (χ2v) is 5.75. The molecule has 1 aliphatic heterocycles. The molecule has 1 amide bonds. The second kappa shape index (κ2) is 5.77. The zero-order chi connectivity index (χ0) is 15.6. The van der Waals surface area contributed by atoms with E-state index >= 15 is 0 Å². The number of alkyl carbamates (subject to hydrolysis) is 1. The van der Waals surface area contributed by atoms with Gasteiger partial charge in [0.05, 0.1) is 13.2 Å². The molecule has 1 aromatic heterocycles. The molecule has 116 valence electrons. The molecule has 1 aromatic rings.